The predicted octanol–water partition coefficient (Wildman–Crippen LogP) is 1.53. The summed E-state index contributed by atoms with van der Waals surface area (Å²) >= 11 is 6.08. The number of carbonyl (C=O) groups is 2. The Morgan fingerprint density at radius 2 is 1.88 bits per heavy atom. The zero-order valence-electron chi connectivity index (χ0n) is 14.5. The Hall–Kier alpha value is -1.70. The van der Waals surface area contributed by atoms with Crippen LogP contribution in [-0.4, -0.2) is 77.5 Å². The first-order valence-corrected chi connectivity index (χ1v) is 9.20. The number of amides is 1. The van der Waals surface area contributed by atoms with Crippen LogP contribution in [0.1, 0.15) is 12.0 Å². The van der Waals surface area contributed by atoms with Gasteiger partial charge in [0.1, 0.15) is 5.82 Å². The number of hydrogen-bond donors (Lipinski definition) is 1. The van der Waals surface area contributed by atoms with Gasteiger partial charge in [-0.25, -0.2) is 4.39 Å². The molecule has 3 rings (SSSR count). The van der Waals surface area contributed by atoms with Gasteiger partial charge in [0.2, 0.25) is 5.91 Å². The Morgan fingerprint density at radius 3 is 2.50 bits per heavy atom. The zero-order chi connectivity index (χ0) is 18.7. The lowest BCUT2D eigenvalue weighted by Gasteiger charge is -2.35. The maximum absolute atomic E-state index is 13.9. The maximum atomic E-state index is 13.9. The van der Waals surface area contributed by atoms with Crippen LogP contribution in [0.5, 0.6) is 0 Å². The van der Waals surface area contributed by atoms with E-state index in [9.17, 15) is 14.0 Å². The van der Waals surface area contributed by atoms with Gasteiger partial charge in [0.15, 0.2) is 0 Å². The smallest absolute Gasteiger partial charge is 0.307 e. The Labute approximate surface area is 157 Å². The van der Waals surface area contributed by atoms with Gasteiger partial charge in [-0.2, -0.15) is 0 Å². The summed E-state index contributed by atoms with van der Waals surface area (Å²) in [5, 5.41) is 9.46. The zero-order valence-corrected chi connectivity index (χ0v) is 15.3. The fourth-order valence-corrected chi connectivity index (χ4v) is 3.75. The van der Waals surface area contributed by atoms with Crippen molar-refractivity contribution in [3.05, 3.63) is 34.6 Å². The summed E-state index contributed by atoms with van der Waals surface area (Å²) in [6, 6.07) is 4.67. The van der Waals surface area contributed by atoms with E-state index < -0.39 is 5.97 Å². The number of hydrogen-bond acceptors (Lipinski definition) is 4. The van der Waals surface area contributed by atoms with Gasteiger partial charge in [-0.05, 0) is 25.1 Å². The lowest BCUT2D eigenvalue weighted by atomic mass is 10.1. The molecule has 6 nitrogen and oxygen atoms in total. The van der Waals surface area contributed by atoms with Crippen molar-refractivity contribution in [1.29, 1.82) is 0 Å². The van der Waals surface area contributed by atoms with E-state index >= 15 is 0 Å². The van der Waals surface area contributed by atoms with Gasteiger partial charge in [-0.3, -0.25) is 19.4 Å². The van der Waals surface area contributed by atoms with Gasteiger partial charge in [-0.1, -0.05) is 17.7 Å². The molecular formula is C18H23ClFN3O3. The Kier molecular flexibility index (Phi) is 6.11. The lowest BCUT2D eigenvalue weighted by Crippen LogP contribution is -2.50. The van der Waals surface area contributed by atoms with Crippen LogP contribution in [0, 0.1) is 11.7 Å². The number of nitrogens with zero attached hydrogens (tertiary/aromatic N) is 3. The number of likely N-dealkylation sites (tertiary alicyclic amines) is 1. The van der Waals surface area contributed by atoms with Crippen LogP contribution in [0.2, 0.25) is 5.02 Å². The van der Waals surface area contributed by atoms with Crippen molar-refractivity contribution < 1.29 is 19.1 Å². The minimum Gasteiger partial charge on any atom is -0.481 e. The van der Waals surface area contributed by atoms with Crippen LogP contribution >= 0.6 is 11.6 Å². The molecule has 0 spiro atoms. The van der Waals surface area contributed by atoms with Gasteiger partial charge in [0.25, 0.3) is 0 Å². The van der Waals surface area contributed by atoms with Crippen molar-refractivity contribution >= 4 is 23.5 Å². The summed E-state index contributed by atoms with van der Waals surface area (Å²) in [6.45, 7) is 4.27. The van der Waals surface area contributed by atoms with Crippen LogP contribution in [0.4, 0.5) is 4.39 Å². The van der Waals surface area contributed by atoms with Crippen LogP contribution in [0.3, 0.4) is 0 Å². The highest BCUT2D eigenvalue weighted by Crippen LogP contribution is 2.21. The number of halogens is 2. The standard InChI is InChI=1S/C18H23ClFN3O3/c19-15-2-1-3-16(20)14(15)11-21-6-8-23(9-7-21)17(24)12-22-5-4-13(10-22)18(25)26/h1-3,13H,4-12H2,(H,25,26). The quantitative estimate of drug-likeness (QED) is 0.835. The number of aliphatic carboxylic acids is 1. The number of carbonyl (C=O) groups excluding carboxylic acids is 1. The average Bonchev–Trinajstić information content (AvgIpc) is 3.07. The van der Waals surface area contributed by atoms with E-state index in [1.54, 1.807) is 17.0 Å². The van der Waals surface area contributed by atoms with E-state index in [-0.39, 0.29) is 24.2 Å². The molecule has 0 saturated carbocycles. The van der Waals surface area contributed by atoms with Gasteiger partial charge in [0.05, 0.1) is 12.5 Å². The largest absolute Gasteiger partial charge is 0.481 e. The van der Waals surface area contributed by atoms with Gasteiger partial charge in [0, 0.05) is 49.9 Å². The molecule has 2 aliphatic rings. The number of carboxylic acid groups (broad SMARTS) is 1. The lowest BCUT2D eigenvalue weighted by molar-refractivity contribution is -0.141. The third kappa shape index (κ3) is 4.52. The Balaban J connectivity index is 1.46. The minimum absolute atomic E-state index is 0.0274. The molecule has 2 fully saturated rings. The molecule has 1 atom stereocenters. The van der Waals surface area contributed by atoms with E-state index in [4.69, 9.17) is 16.7 Å². The van der Waals surface area contributed by atoms with Gasteiger partial charge in [-0.15, -0.1) is 0 Å². The highest BCUT2D eigenvalue weighted by molar-refractivity contribution is 6.31. The number of piperazine rings is 1. The molecule has 2 saturated heterocycles. The molecule has 1 N–H and O–H groups in total. The monoisotopic (exact) mass is 383 g/mol. The van der Waals surface area contributed by atoms with Crippen molar-refractivity contribution in [1.82, 2.24) is 14.7 Å². The number of benzene rings is 1. The summed E-state index contributed by atoms with van der Waals surface area (Å²) in [6.07, 6.45) is 0.597. The number of carboxylic acids is 1. The fourth-order valence-electron chi connectivity index (χ4n) is 3.53. The third-order valence-electron chi connectivity index (χ3n) is 5.15. The normalized spacial score (nSPS) is 21.9. The predicted molar refractivity (Wildman–Crippen MR) is 95.4 cm³/mol. The Bertz CT molecular complexity index is 659. The second-order valence-corrected chi connectivity index (χ2v) is 7.32. The van der Waals surface area contributed by atoms with Crippen LogP contribution in [0.15, 0.2) is 18.2 Å². The minimum atomic E-state index is -0.791. The molecule has 0 radical (unpaired) electrons. The topological polar surface area (TPSA) is 64.1 Å². The van der Waals surface area contributed by atoms with Crippen molar-refractivity contribution in [2.24, 2.45) is 5.92 Å². The van der Waals surface area contributed by atoms with Crippen molar-refractivity contribution in [2.45, 2.75) is 13.0 Å². The first kappa shape index (κ1) is 19.1. The van der Waals surface area contributed by atoms with E-state index in [0.717, 1.165) is 0 Å². The molecule has 1 aromatic carbocycles. The van der Waals surface area contributed by atoms with Crippen molar-refractivity contribution in [3.63, 3.8) is 0 Å². The molecule has 1 unspecified atom stereocenters. The van der Waals surface area contributed by atoms with Crippen LogP contribution in [0.25, 0.3) is 0 Å². The molecule has 26 heavy (non-hydrogen) atoms. The molecule has 2 heterocycles. The first-order valence-electron chi connectivity index (χ1n) is 8.82. The molecule has 1 amide bonds. The summed E-state index contributed by atoms with van der Waals surface area (Å²) in [4.78, 5) is 29.2. The molecule has 8 heteroatoms. The maximum Gasteiger partial charge on any atom is 0.307 e. The molecular weight excluding hydrogens is 361 g/mol. The summed E-state index contributed by atoms with van der Waals surface area (Å²) in [5.41, 5.74) is 0.491. The summed E-state index contributed by atoms with van der Waals surface area (Å²) in [5.74, 6) is -1.44. The third-order valence-corrected chi connectivity index (χ3v) is 5.50. The van der Waals surface area contributed by atoms with Gasteiger partial charge >= 0.3 is 5.97 Å². The molecule has 1 aromatic rings. The molecule has 0 bridgehead atoms. The van der Waals surface area contributed by atoms with E-state index in [1.807, 2.05) is 4.90 Å². The highest BCUT2D eigenvalue weighted by Gasteiger charge is 2.30. The molecule has 142 valence electrons. The molecule has 0 aliphatic carbocycles. The number of rotatable bonds is 5. The summed E-state index contributed by atoms with van der Waals surface area (Å²) in [7, 11) is 0. The molecule has 2 aliphatic heterocycles. The second kappa shape index (κ2) is 8.33. The summed E-state index contributed by atoms with van der Waals surface area (Å²) < 4.78 is 13.9. The molecule has 0 aromatic heterocycles. The SMILES string of the molecule is O=C(O)C1CCN(CC(=O)N2CCN(Cc3c(F)cccc3Cl)CC2)C1. The van der Waals surface area contributed by atoms with Crippen molar-refractivity contribution in [3.8, 4) is 0 Å². The van der Waals surface area contributed by atoms with E-state index in [0.29, 0.717) is 62.8 Å². The first-order chi connectivity index (χ1) is 12.4. The average molecular weight is 384 g/mol. The van der Waals surface area contributed by atoms with E-state index in [1.165, 1.54) is 6.07 Å². The van der Waals surface area contributed by atoms with Gasteiger partial charge < -0.3 is 10.0 Å². The fraction of sp³-hybridized carbons (Fsp3) is 0.556. The van der Waals surface area contributed by atoms with Crippen LogP contribution in [-0.2, 0) is 16.1 Å². The van der Waals surface area contributed by atoms with Crippen LogP contribution < -0.4 is 0 Å². The van der Waals surface area contributed by atoms with Crippen molar-refractivity contribution in [2.75, 3.05) is 45.8 Å². The van der Waals surface area contributed by atoms with E-state index in [2.05, 4.69) is 4.90 Å². The Morgan fingerprint density at radius 1 is 1.15 bits per heavy atom. The highest BCUT2D eigenvalue weighted by atomic mass is 35.5. The second-order valence-electron chi connectivity index (χ2n) is 6.92.